The van der Waals surface area contributed by atoms with Gasteiger partial charge in [-0.2, -0.15) is 0 Å². The molecule has 40 heavy (non-hydrogen) atoms. The predicted octanol–water partition coefficient (Wildman–Crippen LogP) is 9.90. The highest BCUT2D eigenvalue weighted by Gasteiger charge is 1.96. The summed E-state index contributed by atoms with van der Waals surface area (Å²) in [5, 5.41) is 15.2. The van der Waals surface area contributed by atoms with Crippen LogP contribution in [0.2, 0.25) is 0 Å². The van der Waals surface area contributed by atoms with Crippen molar-refractivity contribution < 1.29 is 0 Å². The zero-order valence-electron chi connectivity index (χ0n) is 28.4. The normalized spacial score (nSPS) is 8.15. The van der Waals surface area contributed by atoms with Crippen molar-refractivity contribution in [2.45, 2.75) is 109 Å². The number of aryl methyl sites for hydroxylation is 4. The Morgan fingerprint density at radius 3 is 0.650 bits per heavy atom. The van der Waals surface area contributed by atoms with Crippen molar-refractivity contribution in [1.82, 2.24) is 30.0 Å². The Hall–Kier alpha value is -3.28. The van der Waals surface area contributed by atoms with Crippen LogP contribution in [0.25, 0.3) is 0 Å². The summed E-state index contributed by atoms with van der Waals surface area (Å²) in [6.45, 7) is 24.6. The van der Waals surface area contributed by atoms with Crippen LogP contribution in [0.1, 0.15) is 104 Å². The maximum Gasteiger partial charge on any atom is 0.0825 e. The molecule has 0 unspecified atom stereocenters. The van der Waals surface area contributed by atoms with Crippen molar-refractivity contribution in [2.24, 2.45) is 14.1 Å². The molecule has 2 heterocycles. The Kier molecular flexibility index (Phi) is 39.1. The number of hydrogen-bond acceptors (Lipinski definition) is 4. The molecule has 0 atom stereocenters. The third kappa shape index (κ3) is 29.3. The molecule has 0 saturated carbocycles. The maximum atomic E-state index is 3.83. The molecule has 6 nitrogen and oxygen atoms in total. The number of nitrogens with zero attached hydrogens (tertiary/aromatic N) is 6. The first-order chi connectivity index (χ1) is 19.3. The molecule has 0 amide bonds. The molecule has 228 valence electrons. The van der Waals surface area contributed by atoms with Crippen LogP contribution < -0.4 is 0 Å². The van der Waals surface area contributed by atoms with Gasteiger partial charge in [0.15, 0.2) is 0 Å². The third-order valence-electron chi connectivity index (χ3n) is 5.01. The van der Waals surface area contributed by atoms with Crippen molar-refractivity contribution in [3.63, 3.8) is 0 Å². The number of aromatic nitrogens is 6. The largest absolute Gasteiger partial charge is 0.252 e. The summed E-state index contributed by atoms with van der Waals surface area (Å²) < 4.78 is 3.52. The van der Waals surface area contributed by atoms with Gasteiger partial charge in [0.2, 0.25) is 0 Å². The molecule has 0 fully saturated rings. The van der Waals surface area contributed by atoms with Gasteiger partial charge < -0.3 is 0 Å². The van der Waals surface area contributed by atoms with Crippen molar-refractivity contribution in [3.8, 4) is 0 Å². The van der Waals surface area contributed by atoms with E-state index < -0.39 is 0 Å². The van der Waals surface area contributed by atoms with E-state index in [1.807, 2.05) is 142 Å². The first kappa shape index (κ1) is 43.8. The standard InChI is InChI=1S/2C6H6.2C5H9N3.2C4H10.2C2H6/c2*1-2-4-6-5-3-1;2*1-4-5(2)8(3)7-6-4;2*1-3-4-2;2*1-2/h2*1-6H;2*1-3H3;2*3-4H2,1-2H3;2*1-2H3. The highest BCUT2D eigenvalue weighted by molar-refractivity contribution is 5.04. The summed E-state index contributed by atoms with van der Waals surface area (Å²) in [5.74, 6) is 0. The van der Waals surface area contributed by atoms with Crippen LogP contribution in [0.5, 0.6) is 0 Å². The minimum absolute atomic E-state index is 1.01. The lowest BCUT2D eigenvalue weighted by Crippen LogP contribution is -1.92. The van der Waals surface area contributed by atoms with Gasteiger partial charge in [-0.05, 0) is 27.7 Å². The van der Waals surface area contributed by atoms with E-state index in [0.717, 1.165) is 22.8 Å². The van der Waals surface area contributed by atoms with E-state index >= 15 is 0 Å². The molecule has 4 rings (SSSR count). The molecule has 4 aromatic rings. The van der Waals surface area contributed by atoms with Gasteiger partial charge in [-0.3, -0.25) is 9.36 Å². The van der Waals surface area contributed by atoms with Crippen LogP contribution in [0.4, 0.5) is 0 Å². The van der Waals surface area contributed by atoms with Gasteiger partial charge in [0.05, 0.1) is 22.8 Å². The maximum absolute atomic E-state index is 3.83. The molecule has 0 aliphatic heterocycles. The summed E-state index contributed by atoms with van der Waals surface area (Å²) >= 11 is 0. The fourth-order valence-electron chi connectivity index (χ4n) is 1.79. The van der Waals surface area contributed by atoms with Crippen LogP contribution >= 0.6 is 0 Å². The third-order valence-corrected chi connectivity index (χ3v) is 5.01. The highest BCUT2D eigenvalue weighted by atomic mass is 15.4. The Morgan fingerprint density at radius 2 is 0.600 bits per heavy atom. The molecule has 0 saturated heterocycles. The smallest absolute Gasteiger partial charge is 0.0825 e. The van der Waals surface area contributed by atoms with Crippen LogP contribution in [0.15, 0.2) is 72.8 Å². The van der Waals surface area contributed by atoms with Crippen LogP contribution in [0, 0.1) is 27.7 Å². The van der Waals surface area contributed by atoms with Crippen molar-refractivity contribution >= 4 is 0 Å². The van der Waals surface area contributed by atoms with Crippen LogP contribution in [-0.4, -0.2) is 30.0 Å². The van der Waals surface area contributed by atoms with Gasteiger partial charge in [-0.15, -0.1) is 10.2 Å². The second-order valence-electron chi connectivity index (χ2n) is 8.08. The minimum atomic E-state index is 1.01. The van der Waals surface area contributed by atoms with Gasteiger partial charge in [0.1, 0.15) is 0 Å². The van der Waals surface area contributed by atoms with Crippen molar-refractivity contribution in [3.05, 3.63) is 95.6 Å². The number of benzene rings is 2. The zero-order chi connectivity index (χ0) is 31.6. The fourth-order valence-corrected chi connectivity index (χ4v) is 1.79. The fraction of sp³-hybridized carbons (Fsp3) is 0.529. The number of hydrogen-bond donors (Lipinski definition) is 0. The molecular formula is C34H62N6. The van der Waals surface area contributed by atoms with E-state index in [0.29, 0.717) is 0 Å². The molecule has 2 aromatic heterocycles. The van der Waals surface area contributed by atoms with Crippen LogP contribution in [-0.2, 0) is 14.1 Å². The molecule has 0 bridgehead atoms. The van der Waals surface area contributed by atoms with Gasteiger partial charge in [-0.25, -0.2) is 0 Å². The SMILES string of the molecule is CC.CC.CCCC.CCCC.Cc1nnn(C)c1C.Cc1nnn(C)c1C.c1ccccc1.c1ccccc1. The summed E-state index contributed by atoms with van der Waals surface area (Å²) in [7, 11) is 3.77. The molecule has 0 N–H and O–H groups in total. The van der Waals surface area contributed by atoms with E-state index in [9.17, 15) is 0 Å². The average molecular weight is 555 g/mol. The number of rotatable bonds is 2. The van der Waals surface area contributed by atoms with Gasteiger partial charge in [0, 0.05) is 14.1 Å². The monoisotopic (exact) mass is 555 g/mol. The van der Waals surface area contributed by atoms with Crippen molar-refractivity contribution in [2.75, 3.05) is 0 Å². The average Bonchev–Trinajstić information content (AvgIpc) is 3.50. The van der Waals surface area contributed by atoms with Gasteiger partial charge >= 0.3 is 0 Å². The summed E-state index contributed by atoms with van der Waals surface area (Å²) in [5.41, 5.74) is 4.27. The number of unbranched alkanes of at least 4 members (excludes halogenated alkanes) is 2. The summed E-state index contributed by atoms with van der Waals surface area (Å²) in [6, 6.07) is 24.0. The Balaban J connectivity index is -0.000000193. The molecule has 6 heteroatoms. The quantitative estimate of drug-likeness (QED) is 0.247. The summed E-state index contributed by atoms with van der Waals surface area (Å²) in [6.07, 6.45) is 5.28. The van der Waals surface area contributed by atoms with E-state index in [1.165, 1.54) is 25.7 Å². The van der Waals surface area contributed by atoms with E-state index in [2.05, 4.69) is 48.3 Å². The Bertz CT molecular complexity index is 771. The second-order valence-corrected chi connectivity index (χ2v) is 8.08. The van der Waals surface area contributed by atoms with Crippen molar-refractivity contribution in [1.29, 1.82) is 0 Å². The zero-order valence-corrected chi connectivity index (χ0v) is 28.4. The molecule has 2 aromatic carbocycles. The van der Waals surface area contributed by atoms with Gasteiger partial charge in [0.25, 0.3) is 0 Å². The van der Waals surface area contributed by atoms with E-state index in [1.54, 1.807) is 9.36 Å². The molecule has 0 radical (unpaired) electrons. The van der Waals surface area contributed by atoms with Crippen LogP contribution in [0.3, 0.4) is 0 Å². The second kappa shape index (κ2) is 35.7. The Labute approximate surface area is 248 Å². The van der Waals surface area contributed by atoms with E-state index in [4.69, 9.17) is 0 Å². The molecule has 0 aliphatic carbocycles. The lowest BCUT2D eigenvalue weighted by molar-refractivity contribution is 0.696. The predicted molar refractivity (Wildman–Crippen MR) is 178 cm³/mol. The lowest BCUT2D eigenvalue weighted by atomic mass is 10.4. The minimum Gasteiger partial charge on any atom is -0.252 e. The topological polar surface area (TPSA) is 61.4 Å². The molecule has 0 spiro atoms. The highest BCUT2D eigenvalue weighted by Crippen LogP contribution is 1.97. The molecule has 0 aliphatic rings. The lowest BCUT2D eigenvalue weighted by Gasteiger charge is -1.87. The Morgan fingerprint density at radius 1 is 0.425 bits per heavy atom. The summed E-state index contributed by atoms with van der Waals surface area (Å²) in [4.78, 5) is 0. The van der Waals surface area contributed by atoms with Gasteiger partial charge in [-0.1, -0.05) is 164 Å². The first-order valence-electron chi connectivity index (χ1n) is 14.9. The first-order valence-corrected chi connectivity index (χ1v) is 14.9. The molecular weight excluding hydrogens is 492 g/mol. The van der Waals surface area contributed by atoms with E-state index in [-0.39, 0.29) is 0 Å².